The number of rotatable bonds is 8. The molecule has 132 valence electrons. The quantitative estimate of drug-likeness (QED) is 0.746. The van der Waals surface area contributed by atoms with Gasteiger partial charge in [0.05, 0.1) is 0 Å². The van der Waals surface area contributed by atoms with E-state index in [9.17, 15) is 14.0 Å². The van der Waals surface area contributed by atoms with Crippen LogP contribution in [0.4, 0.5) is 4.39 Å². The van der Waals surface area contributed by atoms with E-state index in [1.165, 1.54) is 29.8 Å². The number of carbonyl (C=O) groups excluding carboxylic acids is 2. The van der Waals surface area contributed by atoms with E-state index in [0.717, 1.165) is 5.56 Å². The van der Waals surface area contributed by atoms with E-state index in [2.05, 4.69) is 5.32 Å². The zero-order valence-electron chi connectivity index (χ0n) is 14.0. The molecule has 0 fully saturated rings. The van der Waals surface area contributed by atoms with Crippen molar-refractivity contribution in [2.45, 2.75) is 13.3 Å². The van der Waals surface area contributed by atoms with Crippen LogP contribution in [0, 0.1) is 12.7 Å². The highest BCUT2D eigenvalue weighted by Crippen LogP contribution is 2.10. The van der Waals surface area contributed by atoms with Gasteiger partial charge < -0.3 is 14.8 Å². The maximum Gasteiger partial charge on any atom is 0.344 e. The van der Waals surface area contributed by atoms with Crippen molar-refractivity contribution < 1.29 is 23.5 Å². The topological polar surface area (TPSA) is 64.6 Å². The van der Waals surface area contributed by atoms with Crippen molar-refractivity contribution >= 4 is 11.9 Å². The monoisotopic (exact) mass is 345 g/mol. The summed E-state index contributed by atoms with van der Waals surface area (Å²) < 4.78 is 22.7. The van der Waals surface area contributed by atoms with Crippen LogP contribution >= 0.6 is 0 Å². The van der Waals surface area contributed by atoms with Crippen molar-refractivity contribution in [1.82, 2.24) is 5.32 Å². The summed E-state index contributed by atoms with van der Waals surface area (Å²) in [6.45, 7) is 1.77. The van der Waals surface area contributed by atoms with Crippen molar-refractivity contribution in [3.8, 4) is 5.75 Å². The maximum absolute atomic E-state index is 12.7. The zero-order valence-corrected chi connectivity index (χ0v) is 14.0. The third-order valence-electron chi connectivity index (χ3n) is 3.51. The van der Waals surface area contributed by atoms with Gasteiger partial charge in [0.2, 0.25) is 0 Å². The fraction of sp³-hybridized carbons (Fsp3) is 0.263. The lowest BCUT2D eigenvalue weighted by atomic mass is 10.1. The number of hydrogen-bond donors (Lipinski definition) is 1. The van der Waals surface area contributed by atoms with E-state index in [1.807, 2.05) is 31.2 Å². The van der Waals surface area contributed by atoms with Gasteiger partial charge in [-0.3, -0.25) is 4.79 Å². The standard InChI is InChI=1S/C19H20FNO4/c1-14-4-2-3-5-15(14)10-11-21-18(22)12-25-19(23)13-24-17-8-6-16(20)7-9-17/h2-9H,10-13H2,1H3,(H,21,22). The van der Waals surface area contributed by atoms with Crippen LogP contribution in [-0.2, 0) is 20.7 Å². The molecule has 1 amide bonds. The Morgan fingerprint density at radius 3 is 2.48 bits per heavy atom. The van der Waals surface area contributed by atoms with Gasteiger partial charge in [-0.1, -0.05) is 24.3 Å². The Balaban J connectivity index is 1.61. The lowest BCUT2D eigenvalue weighted by Gasteiger charge is -2.09. The lowest BCUT2D eigenvalue weighted by Crippen LogP contribution is -2.31. The molecule has 2 rings (SSSR count). The minimum Gasteiger partial charge on any atom is -0.482 e. The molecule has 0 atom stereocenters. The lowest BCUT2D eigenvalue weighted by molar-refractivity contribution is -0.150. The normalized spacial score (nSPS) is 10.2. The highest BCUT2D eigenvalue weighted by Gasteiger charge is 2.08. The summed E-state index contributed by atoms with van der Waals surface area (Å²) in [6.07, 6.45) is 0.708. The number of carbonyl (C=O) groups is 2. The second-order valence-electron chi connectivity index (χ2n) is 5.43. The van der Waals surface area contributed by atoms with Gasteiger partial charge in [0, 0.05) is 6.54 Å². The molecule has 5 nitrogen and oxygen atoms in total. The van der Waals surface area contributed by atoms with Gasteiger partial charge in [-0.25, -0.2) is 9.18 Å². The van der Waals surface area contributed by atoms with Crippen LogP contribution in [0.1, 0.15) is 11.1 Å². The van der Waals surface area contributed by atoms with Gasteiger partial charge in [0.15, 0.2) is 13.2 Å². The van der Waals surface area contributed by atoms with E-state index in [-0.39, 0.29) is 19.1 Å². The number of halogens is 1. The van der Waals surface area contributed by atoms with Crippen LogP contribution in [0.5, 0.6) is 5.75 Å². The van der Waals surface area contributed by atoms with Gasteiger partial charge in [-0.2, -0.15) is 0 Å². The average Bonchev–Trinajstić information content (AvgIpc) is 2.61. The molecule has 1 N–H and O–H groups in total. The van der Waals surface area contributed by atoms with Crippen LogP contribution in [-0.4, -0.2) is 31.6 Å². The van der Waals surface area contributed by atoms with Crippen LogP contribution in [0.3, 0.4) is 0 Å². The fourth-order valence-corrected chi connectivity index (χ4v) is 2.14. The molecule has 2 aromatic carbocycles. The summed E-state index contributed by atoms with van der Waals surface area (Å²) in [5.74, 6) is -1.08. The number of ether oxygens (including phenoxy) is 2. The Morgan fingerprint density at radius 1 is 1.04 bits per heavy atom. The number of aryl methyl sites for hydroxylation is 1. The average molecular weight is 345 g/mol. The zero-order chi connectivity index (χ0) is 18.1. The van der Waals surface area contributed by atoms with Crippen molar-refractivity contribution in [2.75, 3.05) is 19.8 Å². The molecule has 0 aliphatic rings. The predicted molar refractivity (Wildman–Crippen MR) is 90.7 cm³/mol. The molecule has 0 heterocycles. The SMILES string of the molecule is Cc1ccccc1CCNC(=O)COC(=O)COc1ccc(F)cc1. The molecule has 0 bridgehead atoms. The summed E-state index contributed by atoms with van der Waals surface area (Å²) >= 11 is 0. The number of nitrogens with one attached hydrogen (secondary N) is 1. The summed E-state index contributed by atoms with van der Waals surface area (Å²) in [5.41, 5.74) is 2.33. The van der Waals surface area contributed by atoms with Crippen molar-refractivity contribution in [3.63, 3.8) is 0 Å². The molecule has 25 heavy (non-hydrogen) atoms. The first-order valence-electron chi connectivity index (χ1n) is 7.90. The second-order valence-corrected chi connectivity index (χ2v) is 5.43. The Kier molecular flexibility index (Phi) is 6.95. The van der Waals surface area contributed by atoms with E-state index in [4.69, 9.17) is 9.47 Å². The van der Waals surface area contributed by atoms with Crippen molar-refractivity contribution in [3.05, 3.63) is 65.5 Å². The summed E-state index contributed by atoms with van der Waals surface area (Å²) in [6, 6.07) is 13.2. The van der Waals surface area contributed by atoms with E-state index in [1.54, 1.807) is 0 Å². The minimum absolute atomic E-state index is 0.345. The van der Waals surface area contributed by atoms with Crippen molar-refractivity contribution in [2.24, 2.45) is 0 Å². The molecule has 0 spiro atoms. The largest absolute Gasteiger partial charge is 0.482 e. The number of amides is 1. The molecule has 6 heteroatoms. The molecule has 0 saturated heterocycles. The van der Waals surface area contributed by atoms with Gasteiger partial charge in [0.1, 0.15) is 11.6 Å². The molecule has 0 unspecified atom stereocenters. The first kappa shape index (κ1) is 18.4. The Bertz CT molecular complexity index is 716. The van der Waals surface area contributed by atoms with Crippen LogP contribution in [0.2, 0.25) is 0 Å². The molecule has 0 saturated carbocycles. The number of esters is 1. The third-order valence-corrected chi connectivity index (χ3v) is 3.51. The van der Waals surface area contributed by atoms with Gasteiger partial charge in [-0.15, -0.1) is 0 Å². The molecular formula is C19H20FNO4. The molecule has 2 aromatic rings. The Morgan fingerprint density at radius 2 is 1.76 bits per heavy atom. The van der Waals surface area contributed by atoms with Crippen LogP contribution < -0.4 is 10.1 Å². The Labute approximate surface area is 145 Å². The molecular weight excluding hydrogens is 325 g/mol. The van der Waals surface area contributed by atoms with Gasteiger partial charge in [-0.05, 0) is 48.7 Å². The van der Waals surface area contributed by atoms with E-state index < -0.39 is 11.8 Å². The third kappa shape index (κ3) is 6.63. The first-order chi connectivity index (χ1) is 12.0. The summed E-state index contributed by atoms with van der Waals surface area (Å²) in [7, 11) is 0. The molecule has 0 aromatic heterocycles. The van der Waals surface area contributed by atoms with Crippen molar-refractivity contribution in [1.29, 1.82) is 0 Å². The molecule has 0 radical (unpaired) electrons. The molecule has 0 aliphatic heterocycles. The number of benzene rings is 2. The second kappa shape index (κ2) is 9.42. The van der Waals surface area contributed by atoms with Gasteiger partial charge >= 0.3 is 5.97 Å². The Hall–Kier alpha value is -2.89. The number of hydrogen-bond acceptors (Lipinski definition) is 4. The van der Waals surface area contributed by atoms with Crippen LogP contribution in [0.25, 0.3) is 0 Å². The highest BCUT2D eigenvalue weighted by molar-refractivity contribution is 5.80. The summed E-state index contributed by atoms with van der Waals surface area (Å²) in [5, 5.41) is 2.70. The van der Waals surface area contributed by atoms with E-state index in [0.29, 0.717) is 18.7 Å². The summed E-state index contributed by atoms with van der Waals surface area (Å²) in [4.78, 5) is 23.2. The highest BCUT2D eigenvalue weighted by atomic mass is 19.1. The first-order valence-corrected chi connectivity index (χ1v) is 7.90. The smallest absolute Gasteiger partial charge is 0.344 e. The molecule has 0 aliphatic carbocycles. The predicted octanol–water partition coefficient (Wildman–Crippen LogP) is 2.42. The fourth-order valence-electron chi connectivity index (χ4n) is 2.14. The maximum atomic E-state index is 12.7. The van der Waals surface area contributed by atoms with Crippen LogP contribution in [0.15, 0.2) is 48.5 Å². The van der Waals surface area contributed by atoms with E-state index >= 15 is 0 Å². The minimum atomic E-state index is -0.668. The van der Waals surface area contributed by atoms with Gasteiger partial charge in [0.25, 0.3) is 5.91 Å².